The maximum absolute atomic E-state index is 11.1. The van der Waals surface area contributed by atoms with Crippen LogP contribution in [0.1, 0.15) is 47.0 Å². The summed E-state index contributed by atoms with van der Waals surface area (Å²) in [6.07, 6.45) is 3.06. The molecular weight excluding hydrogens is 242 g/mol. The normalized spacial score (nSPS) is 43.7. The van der Waals surface area contributed by atoms with Crippen molar-refractivity contribution < 1.29 is 14.6 Å². The van der Waals surface area contributed by atoms with Crippen molar-refractivity contribution >= 4 is 0 Å². The van der Waals surface area contributed by atoms with Crippen LogP contribution in [-0.2, 0) is 9.47 Å². The lowest BCUT2D eigenvalue weighted by atomic mass is 9.72. The van der Waals surface area contributed by atoms with E-state index in [0.29, 0.717) is 18.5 Å². The number of rotatable bonds is 5. The summed E-state index contributed by atoms with van der Waals surface area (Å²) in [4.78, 5) is 0. The molecule has 19 heavy (non-hydrogen) atoms. The average Bonchev–Trinajstić information content (AvgIpc) is 3.17. The number of methoxy groups -OCH3 is 1. The van der Waals surface area contributed by atoms with E-state index in [1.165, 1.54) is 12.8 Å². The first-order valence-corrected chi connectivity index (χ1v) is 7.49. The minimum absolute atomic E-state index is 0.140. The molecule has 3 unspecified atom stereocenters. The van der Waals surface area contributed by atoms with Crippen molar-refractivity contribution in [1.82, 2.24) is 5.32 Å². The molecule has 1 aliphatic carbocycles. The lowest BCUT2D eigenvalue weighted by Gasteiger charge is -2.54. The minimum Gasteiger partial charge on any atom is -0.383 e. The Bertz CT molecular complexity index is 319. The zero-order valence-electron chi connectivity index (χ0n) is 12.9. The first kappa shape index (κ1) is 15.2. The molecule has 1 aliphatic heterocycles. The zero-order valence-corrected chi connectivity index (χ0v) is 12.9. The molecule has 0 amide bonds. The molecular formula is C15H29NO3. The Kier molecular flexibility index (Phi) is 4.26. The fraction of sp³-hybridized carbons (Fsp3) is 1.00. The summed E-state index contributed by atoms with van der Waals surface area (Å²) in [5.41, 5.74) is -1.54. The Hall–Kier alpha value is -0.160. The topological polar surface area (TPSA) is 50.7 Å². The smallest absolute Gasteiger partial charge is 0.131 e. The molecule has 1 heterocycles. The van der Waals surface area contributed by atoms with E-state index in [9.17, 15) is 5.11 Å². The Morgan fingerprint density at radius 2 is 2.05 bits per heavy atom. The van der Waals surface area contributed by atoms with Crippen molar-refractivity contribution in [3.63, 3.8) is 0 Å². The fourth-order valence-electron chi connectivity index (χ4n) is 2.98. The fourth-order valence-corrected chi connectivity index (χ4v) is 2.98. The van der Waals surface area contributed by atoms with Crippen LogP contribution >= 0.6 is 0 Å². The van der Waals surface area contributed by atoms with Gasteiger partial charge in [0, 0.05) is 26.1 Å². The Labute approximate surface area is 116 Å². The number of ether oxygens (including phenoxy) is 2. The highest BCUT2D eigenvalue weighted by molar-refractivity contribution is 5.09. The summed E-state index contributed by atoms with van der Waals surface area (Å²) >= 11 is 0. The molecule has 0 aromatic carbocycles. The summed E-state index contributed by atoms with van der Waals surface area (Å²) in [6, 6.07) is 0.570. The lowest BCUT2D eigenvalue weighted by molar-refractivity contribution is -0.274. The Morgan fingerprint density at radius 3 is 2.53 bits per heavy atom. The van der Waals surface area contributed by atoms with E-state index in [2.05, 4.69) is 19.2 Å². The standard InChI is InChI=1S/C15H29NO3/c1-10(2)13-8-14(4,18-5)15(17,11(3)19-13)9-16-12-6-7-12/h10-13,16-17H,6-9H2,1-5H3/t11?,13-,14?,15?/m1/s1. The van der Waals surface area contributed by atoms with E-state index in [0.717, 1.165) is 6.42 Å². The van der Waals surface area contributed by atoms with Gasteiger partial charge in [0.2, 0.25) is 0 Å². The molecule has 2 rings (SSSR count). The molecule has 0 bridgehead atoms. The number of aliphatic hydroxyl groups is 1. The van der Waals surface area contributed by atoms with Gasteiger partial charge < -0.3 is 19.9 Å². The molecule has 0 aromatic heterocycles. The molecule has 112 valence electrons. The summed E-state index contributed by atoms with van der Waals surface area (Å²) in [6.45, 7) is 8.81. The van der Waals surface area contributed by atoms with Crippen LogP contribution in [0.15, 0.2) is 0 Å². The van der Waals surface area contributed by atoms with E-state index < -0.39 is 11.2 Å². The van der Waals surface area contributed by atoms with Crippen LogP contribution in [0.4, 0.5) is 0 Å². The minimum atomic E-state index is -0.976. The van der Waals surface area contributed by atoms with E-state index in [4.69, 9.17) is 9.47 Å². The second kappa shape index (κ2) is 5.32. The van der Waals surface area contributed by atoms with Gasteiger partial charge in [0.15, 0.2) is 0 Å². The quantitative estimate of drug-likeness (QED) is 0.799. The predicted octanol–water partition coefficient (Wildman–Crippen LogP) is 1.71. The largest absolute Gasteiger partial charge is 0.383 e. The molecule has 2 aliphatic rings. The molecule has 1 saturated heterocycles. The number of hydrogen-bond acceptors (Lipinski definition) is 4. The van der Waals surface area contributed by atoms with E-state index in [1.54, 1.807) is 7.11 Å². The maximum Gasteiger partial charge on any atom is 0.131 e. The predicted molar refractivity (Wildman–Crippen MR) is 75.2 cm³/mol. The maximum atomic E-state index is 11.1. The van der Waals surface area contributed by atoms with Crippen LogP contribution in [0.5, 0.6) is 0 Å². The van der Waals surface area contributed by atoms with Crippen LogP contribution in [0.25, 0.3) is 0 Å². The summed E-state index contributed by atoms with van der Waals surface area (Å²) in [5, 5.41) is 14.5. The van der Waals surface area contributed by atoms with Crippen molar-refractivity contribution in [1.29, 1.82) is 0 Å². The second-order valence-electron chi connectivity index (χ2n) is 6.78. The third-order valence-electron chi connectivity index (χ3n) is 4.99. The highest BCUT2D eigenvalue weighted by atomic mass is 16.6. The van der Waals surface area contributed by atoms with Crippen LogP contribution in [0, 0.1) is 5.92 Å². The molecule has 4 atom stereocenters. The molecule has 1 saturated carbocycles. The first-order chi connectivity index (χ1) is 8.82. The molecule has 0 aromatic rings. The third kappa shape index (κ3) is 2.82. The highest BCUT2D eigenvalue weighted by Crippen LogP contribution is 2.41. The molecule has 0 spiro atoms. The lowest BCUT2D eigenvalue weighted by Crippen LogP contribution is -2.70. The van der Waals surface area contributed by atoms with Crippen molar-refractivity contribution in [3.05, 3.63) is 0 Å². The molecule has 4 heteroatoms. The number of nitrogens with one attached hydrogen (secondary N) is 1. The van der Waals surface area contributed by atoms with E-state index in [1.807, 2.05) is 13.8 Å². The highest BCUT2D eigenvalue weighted by Gasteiger charge is 2.57. The van der Waals surface area contributed by atoms with Crippen LogP contribution in [-0.4, -0.2) is 48.2 Å². The average molecular weight is 271 g/mol. The van der Waals surface area contributed by atoms with Crippen molar-refractivity contribution in [2.45, 2.75) is 76.4 Å². The van der Waals surface area contributed by atoms with E-state index in [-0.39, 0.29) is 12.2 Å². The van der Waals surface area contributed by atoms with Crippen molar-refractivity contribution in [3.8, 4) is 0 Å². The van der Waals surface area contributed by atoms with Gasteiger partial charge in [-0.05, 0) is 32.6 Å². The second-order valence-corrected chi connectivity index (χ2v) is 6.78. The van der Waals surface area contributed by atoms with Gasteiger partial charge >= 0.3 is 0 Å². The number of hydrogen-bond donors (Lipinski definition) is 2. The molecule has 2 N–H and O–H groups in total. The molecule has 0 radical (unpaired) electrons. The van der Waals surface area contributed by atoms with Crippen LogP contribution in [0.3, 0.4) is 0 Å². The van der Waals surface area contributed by atoms with Gasteiger partial charge in [-0.25, -0.2) is 0 Å². The zero-order chi connectivity index (χ0) is 14.3. The molecule has 4 nitrogen and oxygen atoms in total. The Morgan fingerprint density at radius 1 is 1.42 bits per heavy atom. The van der Waals surface area contributed by atoms with Gasteiger partial charge in [-0.3, -0.25) is 0 Å². The van der Waals surface area contributed by atoms with E-state index >= 15 is 0 Å². The van der Waals surface area contributed by atoms with Gasteiger partial charge in [0.05, 0.1) is 17.8 Å². The van der Waals surface area contributed by atoms with Gasteiger partial charge in [0.1, 0.15) is 5.60 Å². The summed E-state index contributed by atoms with van der Waals surface area (Å²) in [5.74, 6) is 0.429. The SMILES string of the molecule is COC1(C)C[C@H](C(C)C)OC(C)C1(O)CNC1CC1. The van der Waals surface area contributed by atoms with Crippen molar-refractivity contribution in [2.24, 2.45) is 5.92 Å². The summed E-state index contributed by atoms with van der Waals surface area (Å²) < 4.78 is 11.8. The van der Waals surface area contributed by atoms with Crippen LogP contribution in [0.2, 0.25) is 0 Å². The third-order valence-corrected chi connectivity index (χ3v) is 4.99. The summed E-state index contributed by atoms with van der Waals surface area (Å²) in [7, 11) is 1.69. The Balaban J connectivity index is 2.14. The van der Waals surface area contributed by atoms with Crippen LogP contribution < -0.4 is 5.32 Å². The monoisotopic (exact) mass is 271 g/mol. The molecule has 2 fully saturated rings. The first-order valence-electron chi connectivity index (χ1n) is 7.49. The van der Waals surface area contributed by atoms with Gasteiger partial charge in [-0.1, -0.05) is 13.8 Å². The van der Waals surface area contributed by atoms with Crippen molar-refractivity contribution in [2.75, 3.05) is 13.7 Å². The van der Waals surface area contributed by atoms with Gasteiger partial charge in [-0.2, -0.15) is 0 Å². The van der Waals surface area contributed by atoms with Gasteiger partial charge in [-0.15, -0.1) is 0 Å². The van der Waals surface area contributed by atoms with Gasteiger partial charge in [0.25, 0.3) is 0 Å².